The summed E-state index contributed by atoms with van der Waals surface area (Å²) in [5.41, 5.74) is 3.76. The summed E-state index contributed by atoms with van der Waals surface area (Å²) in [5, 5.41) is 0. The number of amides is 1. The maximum Gasteiger partial charge on any atom is 0.247 e. The lowest BCUT2D eigenvalue weighted by atomic mass is 9.84. The Kier molecular flexibility index (Phi) is 4.21. The van der Waals surface area contributed by atoms with Crippen molar-refractivity contribution in [2.45, 2.75) is 12.5 Å². The van der Waals surface area contributed by atoms with Crippen LogP contribution in [-0.2, 0) is 11.3 Å². The highest BCUT2D eigenvalue weighted by Crippen LogP contribution is 2.33. The van der Waals surface area contributed by atoms with Crippen LogP contribution in [0.3, 0.4) is 0 Å². The summed E-state index contributed by atoms with van der Waals surface area (Å²) in [6, 6.07) is 22.4. The first-order valence-electron chi connectivity index (χ1n) is 8.44. The first-order valence-corrected chi connectivity index (χ1v) is 8.44. The highest BCUT2D eigenvalue weighted by atomic mass is 16.3. The molecule has 1 amide bonds. The van der Waals surface area contributed by atoms with Crippen molar-refractivity contribution in [3.8, 4) is 0 Å². The lowest BCUT2D eigenvalue weighted by Gasteiger charge is -2.34. The van der Waals surface area contributed by atoms with Crippen molar-refractivity contribution in [2.75, 3.05) is 6.54 Å². The van der Waals surface area contributed by atoms with Crippen LogP contribution in [0.15, 0.2) is 83.5 Å². The molecular weight excluding hydrogens is 310 g/mol. The Morgan fingerprint density at radius 3 is 2.60 bits per heavy atom. The number of rotatable bonds is 3. The van der Waals surface area contributed by atoms with Crippen molar-refractivity contribution in [2.24, 2.45) is 0 Å². The van der Waals surface area contributed by atoms with Gasteiger partial charge in [-0.2, -0.15) is 0 Å². The van der Waals surface area contributed by atoms with Gasteiger partial charge in [0.05, 0.1) is 6.26 Å². The molecule has 0 aliphatic carbocycles. The zero-order chi connectivity index (χ0) is 17.1. The van der Waals surface area contributed by atoms with E-state index >= 15 is 0 Å². The normalized spacial score (nSPS) is 16.8. The maximum absolute atomic E-state index is 12.7. The fourth-order valence-corrected chi connectivity index (χ4v) is 3.39. The summed E-state index contributed by atoms with van der Waals surface area (Å²) in [6.07, 6.45) is 4.92. The van der Waals surface area contributed by atoms with Crippen LogP contribution in [-0.4, -0.2) is 17.4 Å². The molecule has 3 aromatic rings. The van der Waals surface area contributed by atoms with Gasteiger partial charge in [0.25, 0.3) is 0 Å². The van der Waals surface area contributed by atoms with Gasteiger partial charge < -0.3 is 9.32 Å². The third kappa shape index (κ3) is 3.26. The second-order valence-corrected chi connectivity index (χ2v) is 6.23. The summed E-state index contributed by atoms with van der Waals surface area (Å²) in [5.74, 6) is 0.893. The Balaban J connectivity index is 1.62. The standard InChI is InChI=1S/C22H19NO2/c24-22(13-12-19-10-6-14-25-19)23-15-18-9-4-5-11-20(18)21(16-23)17-7-2-1-3-8-17/h1-14,21H,15-16H2. The van der Waals surface area contributed by atoms with E-state index in [2.05, 4.69) is 42.5 Å². The van der Waals surface area contributed by atoms with E-state index in [1.165, 1.54) is 16.7 Å². The van der Waals surface area contributed by atoms with E-state index in [1.54, 1.807) is 18.4 Å². The van der Waals surface area contributed by atoms with Crippen LogP contribution in [0.1, 0.15) is 28.4 Å². The van der Waals surface area contributed by atoms with E-state index in [4.69, 9.17) is 4.42 Å². The molecule has 0 spiro atoms. The minimum absolute atomic E-state index is 0.00633. The fraction of sp³-hybridized carbons (Fsp3) is 0.136. The van der Waals surface area contributed by atoms with E-state index < -0.39 is 0 Å². The molecule has 0 bridgehead atoms. The highest BCUT2D eigenvalue weighted by molar-refractivity contribution is 5.91. The zero-order valence-corrected chi connectivity index (χ0v) is 13.8. The summed E-state index contributed by atoms with van der Waals surface area (Å²) in [6.45, 7) is 1.32. The summed E-state index contributed by atoms with van der Waals surface area (Å²) >= 11 is 0. The van der Waals surface area contributed by atoms with Gasteiger partial charge in [0.1, 0.15) is 5.76 Å². The van der Waals surface area contributed by atoms with Gasteiger partial charge in [-0.15, -0.1) is 0 Å². The highest BCUT2D eigenvalue weighted by Gasteiger charge is 2.28. The van der Waals surface area contributed by atoms with Crippen LogP contribution in [0.2, 0.25) is 0 Å². The van der Waals surface area contributed by atoms with Gasteiger partial charge in [-0.25, -0.2) is 0 Å². The number of hydrogen-bond donors (Lipinski definition) is 0. The van der Waals surface area contributed by atoms with Crippen LogP contribution in [0.4, 0.5) is 0 Å². The molecule has 2 heterocycles. The molecular formula is C22H19NO2. The number of benzene rings is 2. The molecule has 4 rings (SSSR count). The minimum Gasteiger partial charge on any atom is -0.465 e. The minimum atomic E-state index is 0.00633. The van der Waals surface area contributed by atoms with Crippen LogP contribution in [0.5, 0.6) is 0 Å². The second-order valence-electron chi connectivity index (χ2n) is 6.23. The summed E-state index contributed by atoms with van der Waals surface area (Å²) < 4.78 is 5.26. The molecule has 1 aliphatic heterocycles. The first kappa shape index (κ1) is 15.5. The molecule has 0 N–H and O–H groups in total. The molecule has 0 fully saturated rings. The molecule has 1 atom stereocenters. The number of fused-ring (bicyclic) bond motifs is 1. The summed E-state index contributed by atoms with van der Waals surface area (Å²) in [7, 11) is 0. The average Bonchev–Trinajstić information content (AvgIpc) is 3.19. The topological polar surface area (TPSA) is 33.5 Å². The van der Waals surface area contributed by atoms with E-state index in [-0.39, 0.29) is 11.8 Å². The predicted molar refractivity (Wildman–Crippen MR) is 97.9 cm³/mol. The molecule has 0 saturated heterocycles. The number of carbonyl (C=O) groups excluding carboxylic acids is 1. The summed E-state index contributed by atoms with van der Waals surface area (Å²) in [4.78, 5) is 14.6. The molecule has 25 heavy (non-hydrogen) atoms. The average molecular weight is 329 g/mol. The number of nitrogens with zero attached hydrogens (tertiary/aromatic N) is 1. The third-order valence-corrected chi connectivity index (χ3v) is 4.64. The van der Waals surface area contributed by atoms with Crippen LogP contribution < -0.4 is 0 Å². The maximum atomic E-state index is 12.7. The molecule has 1 aromatic heterocycles. The van der Waals surface area contributed by atoms with Gasteiger partial charge in [-0.3, -0.25) is 4.79 Å². The van der Waals surface area contributed by atoms with Crippen LogP contribution >= 0.6 is 0 Å². The van der Waals surface area contributed by atoms with Crippen molar-refractivity contribution in [1.29, 1.82) is 0 Å². The van der Waals surface area contributed by atoms with Crippen molar-refractivity contribution in [3.05, 3.63) is 102 Å². The van der Waals surface area contributed by atoms with E-state index in [0.717, 1.165) is 0 Å². The van der Waals surface area contributed by atoms with Gasteiger partial charge in [-0.05, 0) is 34.9 Å². The van der Waals surface area contributed by atoms with Gasteiger partial charge in [0.2, 0.25) is 5.91 Å². The quantitative estimate of drug-likeness (QED) is 0.664. The largest absolute Gasteiger partial charge is 0.465 e. The lowest BCUT2D eigenvalue weighted by Crippen LogP contribution is -2.37. The first-order chi connectivity index (χ1) is 12.3. The Hall–Kier alpha value is -3.07. The Bertz CT molecular complexity index is 881. The monoisotopic (exact) mass is 329 g/mol. The Morgan fingerprint density at radius 2 is 1.80 bits per heavy atom. The molecule has 0 radical (unpaired) electrons. The smallest absolute Gasteiger partial charge is 0.247 e. The van der Waals surface area contributed by atoms with Crippen molar-refractivity contribution >= 4 is 12.0 Å². The molecule has 1 unspecified atom stereocenters. The second kappa shape index (κ2) is 6.81. The SMILES string of the molecule is O=C(C=Cc1ccco1)N1Cc2ccccc2C(c2ccccc2)C1. The van der Waals surface area contributed by atoms with E-state index in [0.29, 0.717) is 18.8 Å². The Morgan fingerprint density at radius 1 is 1.00 bits per heavy atom. The molecule has 124 valence electrons. The number of hydrogen-bond acceptors (Lipinski definition) is 2. The van der Waals surface area contributed by atoms with Crippen LogP contribution in [0, 0.1) is 0 Å². The van der Waals surface area contributed by atoms with Gasteiger partial charge in [0.15, 0.2) is 0 Å². The molecule has 0 saturated carbocycles. The van der Waals surface area contributed by atoms with Gasteiger partial charge in [-0.1, -0.05) is 54.6 Å². The van der Waals surface area contributed by atoms with Crippen molar-refractivity contribution in [3.63, 3.8) is 0 Å². The van der Waals surface area contributed by atoms with Gasteiger partial charge in [0, 0.05) is 25.1 Å². The van der Waals surface area contributed by atoms with E-state index in [9.17, 15) is 4.79 Å². The molecule has 1 aliphatic rings. The van der Waals surface area contributed by atoms with Crippen molar-refractivity contribution in [1.82, 2.24) is 4.90 Å². The van der Waals surface area contributed by atoms with E-state index in [1.807, 2.05) is 29.2 Å². The fourth-order valence-electron chi connectivity index (χ4n) is 3.39. The van der Waals surface area contributed by atoms with Gasteiger partial charge >= 0.3 is 0 Å². The third-order valence-electron chi connectivity index (χ3n) is 4.64. The number of carbonyl (C=O) groups is 1. The number of furan rings is 1. The molecule has 3 heteroatoms. The zero-order valence-electron chi connectivity index (χ0n) is 13.8. The molecule has 3 nitrogen and oxygen atoms in total. The predicted octanol–water partition coefficient (Wildman–Crippen LogP) is 4.47. The molecule has 2 aromatic carbocycles. The van der Waals surface area contributed by atoms with Crippen LogP contribution in [0.25, 0.3) is 6.08 Å². The van der Waals surface area contributed by atoms with Crippen molar-refractivity contribution < 1.29 is 9.21 Å². The lowest BCUT2D eigenvalue weighted by molar-refractivity contribution is -0.127. The Labute approximate surface area is 147 Å².